The number of hydrogen-bond acceptors (Lipinski definition) is 8. The average Bonchev–Trinajstić information content (AvgIpc) is 2.69. The van der Waals surface area contributed by atoms with Crippen molar-refractivity contribution in [3.63, 3.8) is 0 Å². The van der Waals surface area contributed by atoms with Crippen LogP contribution in [0.1, 0.15) is 31.2 Å². The molecule has 29 heavy (non-hydrogen) atoms. The summed E-state index contributed by atoms with van der Waals surface area (Å²) in [5.41, 5.74) is 1.59. The second-order valence-electron chi connectivity index (χ2n) is 7.70. The Kier molecular flexibility index (Phi) is 8.33. The van der Waals surface area contributed by atoms with Gasteiger partial charge in [0, 0.05) is 21.5 Å². The van der Waals surface area contributed by atoms with E-state index in [2.05, 4.69) is 42.5 Å². The van der Waals surface area contributed by atoms with Gasteiger partial charge in [0.1, 0.15) is 24.4 Å². The van der Waals surface area contributed by atoms with Crippen molar-refractivity contribution in [2.24, 2.45) is 0 Å². The van der Waals surface area contributed by atoms with Crippen molar-refractivity contribution < 1.29 is 30.3 Å². The quantitative estimate of drug-likeness (QED) is 0.282. The molecule has 7 N–H and O–H groups in total. The maximum absolute atomic E-state index is 10.3. The van der Waals surface area contributed by atoms with Gasteiger partial charge >= 0.3 is 0 Å². The second kappa shape index (κ2) is 10.3. The highest BCUT2D eigenvalue weighted by Crippen LogP contribution is 2.33. The Balaban J connectivity index is 1.74. The van der Waals surface area contributed by atoms with Crippen LogP contribution in [0.25, 0.3) is 0 Å². The normalized spacial score (nSPS) is 35.5. The zero-order valence-corrected chi connectivity index (χ0v) is 19.0. The molecule has 164 valence electrons. The van der Waals surface area contributed by atoms with Gasteiger partial charge < -0.3 is 40.9 Å². The first-order valence-corrected chi connectivity index (χ1v) is 11.3. The predicted molar refractivity (Wildman–Crippen MR) is 114 cm³/mol. The molecule has 10 heteroatoms. The van der Waals surface area contributed by atoms with Gasteiger partial charge in [0.15, 0.2) is 6.23 Å². The number of nitrogens with one attached hydrogen (secondary N) is 2. The lowest BCUT2D eigenvalue weighted by Gasteiger charge is -2.40. The molecule has 1 aromatic rings. The van der Waals surface area contributed by atoms with Gasteiger partial charge in [0.25, 0.3) is 0 Å². The van der Waals surface area contributed by atoms with Gasteiger partial charge in [-0.1, -0.05) is 15.9 Å². The molecule has 2 aliphatic rings. The van der Waals surface area contributed by atoms with E-state index < -0.39 is 37.3 Å². The highest BCUT2D eigenvalue weighted by molar-refractivity contribution is 9.11. The van der Waals surface area contributed by atoms with Crippen LogP contribution in [-0.4, -0.2) is 74.9 Å². The number of halogens is 2. The number of aliphatic hydroxyl groups excluding tert-OH is 5. The maximum atomic E-state index is 10.3. The van der Waals surface area contributed by atoms with E-state index in [1.807, 2.05) is 12.1 Å². The third-order valence-electron chi connectivity index (χ3n) is 5.59. The zero-order chi connectivity index (χ0) is 21.1. The van der Waals surface area contributed by atoms with Crippen molar-refractivity contribution in [1.29, 1.82) is 0 Å². The molecule has 3 rings (SSSR count). The topological polar surface area (TPSA) is 134 Å². The summed E-state index contributed by atoms with van der Waals surface area (Å²) in [6.45, 7) is 0.0745. The average molecular weight is 540 g/mol. The first-order valence-electron chi connectivity index (χ1n) is 9.76. The van der Waals surface area contributed by atoms with Gasteiger partial charge in [0.2, 0.25) is 0 Å². The first-order chi connectivity index (χ1) is 13.8. The standard InChI is InChI=1S/C19H28Br2N2O6/c20-10-5-9(7-22-11-1-3-12(25)4-2-11)15(13(21)6-10)23-19-18(28)17(27)16(26)14(8-24)29-19/h5-6,11-12,14,16-19,22-28H,1-4,7-8H2/t11?,12?,14-,16-,17-,18+,19-/m1/s1. The number of hydrogen-bond donors (Lipinski definition) is 7. The van der Waals surface area contributed by atoms with E-state index in [0.29, 0.717) is 18.3 Å². The van der Waals surface area contributed by atoms with Crippen LogP contribution in [0.15, 0.2) is 21.1 Å². The van der Waals surface area contributed by atoms with E-state index in [-0.39, 0.29) is 6.10 Å². The van der Waals surface area contributed by atoms with Crippen LogP contribution in [0.5, 0.6) is 0 Å². The number of anilines is 1. The molecule has 1 heterocycles. The van der Waals surface area contributed by atoms with E-state index in [0.717, 1.165) is 40.2 Å². The zero-order valence-electron chi connectivity index (χ0n) is 15.8. The van der Waals surface area contributed by atoms with Gasteiger partial charge in [-0.2, -0.15) is 0 Å². The van der Waals surface area contributed by atoms with E-state index in [1.165, 1.54) is 0 Å². The summed E-state index contributed by atoms with van der Waals surface area (Å²) in [5.74, 6) is 0. The molecule has 8 nitrogen and oxygen atoms in total. The van der Waals surface area contributed by atoms with Crippen LogP contribution in [0.4, 0.5) is 5.69 Å². The summed E-state index contributed by atoms with van der Waals surface area (Å²) in [4.78, 5) is 0. The minimum absolute atomic E-state index is 0.212. The monoisotopic (exact) mass is 538 g/mol. The van der Waals surface area contributed by atoms with Crippen LogP contribution in [0, 0.1) is 0 Å². The minimum Gasteiger partial charge on any atom is -0.394 e. The molecular weight excluding hydrogens is 512 g/mol. The fraction of sp³-hybridized carbons (Fsp3) is 0.684. The number of aliphatic hydroxyl groups is 5. The number of benzene rings is 1. The highest BCUT2D eigenvalue weighted by Gasteiger charge is 2.43. The van der Waals surface area contributed by atoms with Gasteiger partial charge in [-0.05, 0) is 59.3 Å². The van der Waals surface area contributed by atoms with Crippen LogP contribution in [0.2, 0.25) is 0 Å². The lowest BCUT2D eigenvalue weighted by atomic mass is 9.93. The Morgan fingerprint density at radius 1 is 0.966 bits per heavy atom. The molecule has 1 aromatic carbocycles. The molecule has 1 saturated heterocycles. The molecule has 0 aromatic heterocycles. The predicted octanol–water partition coefficient (Wildman–Crippen LogP) is 0.816. The summed E-state index contributed by atoms with van der Waals surface area (Å²) >= 11 is 7.02. The Labute approximate surface area is 186 Å². The first kappa shape index (κ1) is 23.4. The molecule has 2 fully saturated rings. The van der Waals surface area contributed by atoms with Crippen molar-refractivity contribution in [3.05, 3.63) is 26.6 Å². The summed E-state index contributed by atoms with van der Waals surface area (Å²) in [5, 5.41) is 56.0. The highest BCUT2D eigenvalue weighted by atomic mass is 79.9. The van der Waals surface area contributed by atoms with Gasteiger partial charge in [-0.3, -0.25) is 0 Å². The molecular formula is C19H28Br2N2O6. The molecule has 0 unspecified atom stereocenters. The smallest absolute Gasteiger partial charge is 0.157 e. The molecule has 0 bridgehead atoms. The van der Waals surface area contributed by atoms with Gasteiger partial charge in [-0.15, -0.1) is 0 Å². The second-order valence-corrected chi connectivity index (χ2v) is 9.47. The van der Waals surface area contributed by atoms with Crippen molar-refractivity contribution in [3.8, 4) is 0 Å². The molecule has 1 aliphatic carbocycles. The van der Waals surface area contributed by atoms with E-state index >= 15 is 0 Å². The van der Waals surface area contributed by atoms with Crippen LogP contribution >= 0.6 is 31.9 Å². The van der Waals surface area contributed by atoms with E-state index in [4.69, 9.17) is 4.74 Å². The van der Waals surface area contributed by atoms with Crippen molar-refractivity contribution in [1.82, 2.24) is 5.32 Å². The largest absolute Gasteiger partial charge is 0.394 e. The maximum Gasteiger partial charge on any atom is 0.157 e. The minimum atomic E-state index is -1.44. The SMILES string of the molecule is OC[C@H]1O[C@@H](Nc2c(Br)cc(Br)cc2CNC2CCC(O)CC2)[C@@H](O)[C@H](O)[C@@H]1O. The summed E-state index contributed by atoms with van der Waals surface area (Å²) < 4.78 is 7.19. The van der Waals surface area contributed by atoms with E-state index in [9.17, 15) is 25.5 Å². The molecule has 1 saturated carbocycles. The molecule has 1 aliphatic heterocycles. The number of ether oxygens (including phenoxy) is 1. The Morgan fingerprint density at radius 3 is 2.31 bits per heavy atom. The summed E-state index contributed by atoms with van der Waals surface area (Å²) in [6, 6.07) is 4.12. The van der Waals surface area contributed by atoms with E-state index in [1.54, 1.807) is 0 Å². The van der Waals surface area contributed by atoms with Gasteiger partial charge in [-0.25, -0.2) is 0 Å². The Morgan fingerprint density at radius 2 is 1.66 bits per heavy atom. The van der Waals surface area contributed by atoms with Crippen LogP contribution < -0.4 is 10.6 Å². The third-order valence-corrected chi connectivity index (χ3v) is 6.68. The Hall–Kier alpha value is -0.300. The Bertz CT molecular complexity index is 687. The van der Waals surface area contributed by atoms with Crippen LogP contribution in [0.3, 0.4) is 0 Å². The molecule has 0 radical (unpaired) electrons. The van der Waals surface area contributed by atoms with Crippen molar-refractivity contribution in [2.75, 3.05) is 11.9 Å². The van der Waals surface area contributed by atoms with Crippen LogP contribution in [-0.2, 0) is 11.3 Å². The molecule has 0 amide bonds. The van der Waals surface area contributed by atoms with Crippen molar-refractivity contribution >= 4 is 37.5 Å². The molecule has 0 spiro atoms. The lowest BCUT2D eigenvalue weighted by Crippen LogP contribution is -2.60. The summed E-state index contributed by atoms with van der Waals surface area (Å²) in [7, 11) is 0. The lowest BCUT2D eigenvalue weighted by molar-refractivity contribution is -0.221. The van der Waals surface area contributed by atoms with Gasteiger partial charge in [0.05, 0.1) is 18.4 Å². The molecule has 5 atom stereocenters. The third kappa shape index (κ3) is 5.69. The van der Waals surface area contributed by atoms with Crippen molar-refractivity contribution in [2.45, 2.75) is 75.0 Å². The fourth-order valence-electron chi connectivity index (χ4n) is 3.83. The fourth-order valence-corrected chi connectivity index (χ4v) is 5.25. The number of rotatable bonds is 6. The summed E-state index contributed by atoms with van der Waals surface area (Å²) in [6.07, 6.45) is -3.02.